The first-order valence-electron chi connectivity index (χ1n) is 11.0. The molecule has 0 amide bonds. The first-order chi connectivity index (χ1) is 15.7. The van der Waals surface area contributed by atoms with Crippen LogP contribution in [0.5, 0.6) is 6.01 Å². The predicted octanol–water partition coefficient (Wildman–Crippen LogP) is 3.65. The number of nitrogens with zero attached hydrogens (tertiary/aromatic N) is 5. The van der Waals surface area contributed by atoms with Crippen molar-refractivity contribution in [1.82, 2.24) is 15.0 Å². The number of morpholine rings is 1. The van der Waals surface area contributed by atoms with Crippen LogP contribution in [0.25, 0.3) is 0 Å². The second kappa shape index (κ2) is 10.8. The maximum absolute atomic E-state index is 5.92. The molecule has 1 aliphatic rings. The van der Waals surface area contributed by atoms with Crippen LogP contribution >= 0.6 is 0 Å². The molecule has 4 rings (SSSR count). The third-order valence-electron chi connectivity index (χ3n) is 5.31. The van der Waals surface area contributed by atoms with Crippen LogP contribution in [0.3, 0.4) is 0 Å². The molecule has 32 heavy (non-hydrogen) atoms. The summed E-state index contributed by atoms with van der Waals surface area (Å²) in [6.07, 6.45) is 2.49. The quantitative estimate of drug-likeness (QED) is 0.507. The molecule has 0 unspecified atom stereocenters. The Morgan fingerprint density at radius 2 is 1.94 bits per heavy atom. The molecule has 1 fully saturated rings. The van der Waals surface area contributed by atoms with Gasteiger partial charge in [-0.05, 0) is 31.5 Å². The molecule has 0 atom stereocenters. The zero-order valence-electron chi connectivity index (χ0n) is 18.7. The second-order valence-electron chi connectivity index (χ2n) is 7.79. The van der Waals surface area contributed by atoms with Crippen LogP contribution in [-0.2, 0) is 17.7 Å². The molecule has 0 aliphatic carbocycles. The van der Waals surface area contributed by atoms with Crippen LogP contribution in [0.4, 0.5) is 5.82 Å². The van der Waals surface area contributed by atoms with Crippen molar-refractivity contribution in [1.29, 1.82) is 0 Å². The molecule has 0 N–H and O–H groups in total. The third-order valence-corrected chi connectivity index (χ3v) is 5.31. The predicted molar refractivity (Wildman–Crippen MR) is 126 cm³/mol. The molecule has 3 aromatic rings. The highest BCUT2D eigenvalue weighted by atomic mass is 16.5. The van der Waals surface area contributed by atoms with Crippen molar-refractivity contribution < 1.29 is 9.47 Å². The summed E-state index contributed by atoms with van der Waals surface area (Å²) in [7, 11) is 0. The van der Waals surface area contributed by atoms with Crippen LogP contribution in [0.2, 0.25) is 0 Å². The molecular formula is C25H29N5O2. The number of hydrogen-bond acceptors (Lipinski definition) is 7. The van der Waals surface area contributed by atoms with Crippen LogP contribution in [0.1, 0.15) is 29.4 Å². The Morgan fingerprint density at radius 3 is 2.72 bits per heavy atom. The highest BCUT2D eigenvalue weighted by Crippen LogP contribution is 2.19. The maximum Gasteiger partial charge on any atom is 0.318 e. The highest BCUT2D eigenvalue weighted by Gasteiger charge is 2.16. The van der Waals surface area contributed by atoms with Gasteiger partial charge in [-0.2, -0.15) is 9.97 Å². The Labute approximate surface area is 189 Å². The third kappa shape index (κ3) is 6.11. The van der Waals surface area contributed by atoms with Gasteiger partial charge in [0.15, 0.2) is 0 Å². The molecule has 0 spiro atoms. The van der Waals surface area contributed by atoms with E-state index in [1.54, 1.807) is 6.20 Å². The first-order valence-corrected chi connectivity index (χ1v) is 11.0. The van der Waals surface area contributed by atoms with Gasteiger partial charge in [0.1, 0.15) is 5.82 Å². The summed E-state index contributed by atoms with van der Waals surface area (Å²) in [5, 5.41) is 0. The number of ether oxygens (including phenoxy) is 2. The smallest absolute Gasteiger partial charge is 0.318 e. The zero-order chi connectivity index (χ0) is 22.2. The van der Waals surface area contributed by atoms with Gasteiger partial charge >= 0.3 is 6.01 Å². The number of benzene rings is 1. The Bertz CT molecular complexity index is 1050. The maximum atomic E-state index is 5.92. The molecular weight excluding hydrogens is 402 g/mol. The fraction of sp³-hybridized carbons (Fsp3) is 0.360. The molecule has 0 radical (unpaired) electrons. The SMILES string of the molecule is CC(=NCc1cc(N2CCOCC2)nc(OCCc2ccccn2)n1)c1cccc(C)c1. The summed E-state index contributed by atoms with van der Waals surface area (Å²) in [4.78, 5) is 20.6. The van der Waals surface area contributed by atoms with Crippen LogP contribution < -0.4 is 9.64 Å². The summed E-state index contributed by atoms with van der Waals surface area (Å²) in [6.45, 7) is 8.04. The molecule has 2 aromatic heterocycles. The Hall–Kier alpha value is -3.32. The summed E-state index contributed by atoms with van der Waals surface area (Å²) in [6, 6.07) is 16.6. The average Bonchev–Trinajstić information content (AvgIpc) is 2.84. The number of hydrogen-bond donors (Lipinski definition) is 0. The summed E-state index contributed by atoms with van der Waals surface area (Å²) >= 11 is 0. The van der Waals surface area contributed by atoms with Gasteiger partial charge in [-0.25, -0.2) is 0 Å². The normalized spacial score (nSPS) is 14.4. The summed E-state index contributed by atoms with van der Waals surface area (Å²) in [5.41, 5.74) is 5.14. The number of pyridine rings is 1. The minimum atomic E-state index is 0.378. The highest BCUT2D eigenvalue weighted by molar-refractivity contribution is 5.98. The lowest BCUT2D eigenvalue weighted by atomic mass is 10.1. The molecule has 166 valence electrons. The van der Waals surface area contributed by atoms with Crippen LogP contribution in [0, 0.1) is 6.92 Å². The number of anilines is 1. The Balaban J connectivity index is 1.50. The van der Waals surface area contributed by atoms with E-state index in [0.717, 1.165) is 41.6 Å². The number of aromatic nitrogens is 3. The van der Waals surface area contributed by atoms with Gasteiger partial charge in [0, 0.05) is 43.2 Å². The van der Waals surface area contributed by atoms with Gasteiger partial charge in [-0.1, -0.05) is 35.9 Å². The van der Waals surface area contributed by atoms with E-state index >= 15 is 0 Å². The molecule has 0 saturated carbocycles. The van der Waals surface area contributed by atoms with E-state index in [2.05, 4.69) is 51.0 Å². The van der Waals surface area contributed by atoms with Crippen molar-refractivity contribution in [2.45, 2.75) is 26.8 Å². The van der Waals surface area contributed by atoms with Gasteiger partial charge in [-0.15, -0.1) is 0 Å². The van der Waals surface area contributed by atoms with E-state index in [-0.39, 0.29) is 0 Å². The summed E-state index contributed by atoms with van der Waals surface area (Å²) < 4.78 is 11.4. The molecule has 1 saturated heterocycles. The van der Waals surface area contributed by atoms with Crippen LogP contribution in [-0.4, -0.2) is 53.6 Å². The fourth-order valence-corrected chi connectivity index (χ4v) is 3.51. The molecule has 1 aromatic carbocycles. The number of rotatable bonds is 8. The lowest BCUT2D eigenvalue weighted by Gasteiger charge is -2.28. The standard InChI is InChI=1S/C25H29N5O2/c1-19-6-5-7-21(16-19)20(2)27-18-23-17-24(30-11-14-31-15-12-30)29-25(28-23)32-13-9-22-8-3-4-10-26-22/h3-8,10,16-17H,9,11-15,18H2,1-2H3. The van der Waals surface area contributed by atoms with E-state index < -0.39 is 0 Å². The molecule has 0 bridgehead atoms. The second-order valence-corrected chi connectivity index (χ2v) is 7.79. The Kier molecular flexibility index (Phi) is 7.40. The zero-order valence-corrected chi connectivity index (χ0v) is 18.7. The minimum Gasteiger partial charge on any atom is -0.463 e. The van der Waals surface area contributed by atoms with Crippen molar-refractivity contribution in [3.05, 3.63) is 77.2 Å². The van der Waals surface area contributed by atoms with Crippen LogP contribution in [0.15, 0.2) is 59.7 Å². The van der Waals surface area contributed by atoms with Crippen molar-refractivity contribution in [3.63, 3.8) is 0 Å². The monoisotopic (exact) mass is 431 g/mol. The van der Waals surface area contributed by atoms with Gasteiger partial charge in [0.25, 0.3) is 0 Å². The van der Waals surface area contributed by atoms with Crippen molar-refractivity contribution >= 4 is 11.5 Å². The van der Waals surface area contributed by atoms with E-state index in [1.165, 1.54) is 5.56 Å². The van der Waals surface area contributed by atoms with E-state index in [9.17, 15) is 0 Å². The van der Waals surface area contributed by atoms with Gasteiger partial charge < -0.3 is 14.4 Å². The lowest BCUT2D eigenvalue weighted by Crippen LogP contribution is -2.37. The van der Waals surface area contributed by atoms with Gasteiger partial charge in [0.05, 0.1) is 32.1 Å². The van der Waals surface area contributed by atoms with E-state index in [1.807, 2.05) is 31.2 Å². The van der Waals surface area contributed by atoms with Crippen molar-refractivity contribution in [3.8, 4) is 6.01 Å². The molecule has 1 aliphatic heterocycles. The largest absolute Gasteiger partial charge is 0.463 e. The van der Waals surface area contributed by atoms with E-state index in [0.29, 0.717) is 38.8 Å². The molecule has 3 heterocycles. The van der Waals surface area contributed by atoms with E-state index in [4.69, 9.17) is 14.5 Å². The van der Waals surface area contributed by atoms with Crippen molar-refractivity contribution in [2.75, 3.05) is 37.8 Å². The summed E-state index contributed by atoms with van der Waals surface area (Å²) in [5.74, 6) is 0.856. The first kappa shape index (κ1) is 21.9. The number of aliphatic imine (C=N–C) groups is 1. The van der Waals surface area contributed by atoms with Gasteiger partial charge in [-0.3, -0.25) is 9.98 Å². The lowest BCUT2D eigenvalue weighted by molar-refractivity contribution is 0.122. The minimum absolute atomic E-state index is 0.378. The topological polar surface area (TPSA) is 72.7 Å². The Morgan fingerprint density at radius 1 is 1.06 bits per heavy atom. The van der Waals surface area contributed by atoms with Gasteiger partial charge in [0.2, 0.25) is 0 Å². The molecule has 7 nitrogen and oxygen atoms in total. The number of aryl methyl sites for hydroxylation is 1. The molecule has 7 heteroatoms. The average molecular weight is 432 g/mol. The fourth-order valence-electron chi connectivity index (χ4n) is 3.51. The van der Waals surface area contributed by atoms with Crippen molar-refractivity contribution in [2.24, 2.45) is 4.99 Å².